The number of anilines is 3. The lowest BCUT2D eigenvalue weighted by molar-refractivity contribution is 1.18. The van der Waals surface area contributed by atoms with Crippen molar-refractivity contribution in [1.29, 1.82) is 0 Å². The molecule has 12 rings (SSSR count). The minimum Gasteiger partial charge on any atom is -0.310 e. The molecule has 0 aliphatic carbocycles. The zero-order valence-electron chi connectivity index (χ0n) is 30.9. The van der Waals surface area contributed by atoms with Crippen molar-refractivity contribution in [2.75, 3.05) is 4.90 Å². The van der Waals surface area contributed by atoms with Crippen LogP contribution in [0.5, 0.6) is 0 Å². The van der Waals surface area contributed by atoms with Gasteiger partial charge in [0.1, 0.15) is 0 Å². The molecule has 0 saturated heterocycles. The molecule has 0 atom stereocenters. The van der Waals surface area contributed by atoms with Crippen LogP contribution in [0, 0.1) is 0 Å². The van der Waals surface area contributed by atoms with Gasteiger partial charge in [0.2, 0.25) is 0 Å². The fraction of sp³-hybridized carbons (Fsp3) is 0. The van der Waals surface area contributed by atoms with Crippen LogP contribution < -0.4 is 4.90 Å². The Morgan fingerprint density at radius 2 is 0.895 bits per heavy atom. The zero-order chi connectivity index (χ0) is 37.5. The number of hydrogen-bond acceptors (Lipinski definition) is 2. The quantitative estimate of drug-likeness (QED) is 0.159. The van der Waals surface area contributed by atoms with Gasteiger partial charge in [-0.25, -0.2) is 0 Å². The molecule has 0 spiro atoms. The highest BCUT2D eigenvalue weighted by Gasteiger charge is 2.18. The minimum atomic E-state index is 1.11. The lowest BCUT2D eigenvalue weighted by atomic mass is 10.0. The molecule has 0 fully saturated rings. The first kappa shape index (κ1) is 32.1. The fourth-order valence-electron chi connectivity index (χ4n) is 9.04. The van der Waals surface area contributed by atoms with Crippen molar-refractivity contribution in [3.8, 4) is 16.8 Å². The van der Waals surface area contributed by atoms with E-state index < -0.39 is 0 Å². The standard InChI is InChI=1S/C54H34N2S/c1-3-14-44-36(10-1)20-21-38-24-28-42(33-50(38)44)55(43-29-31-48-49-30-25-37-11-2-4-15-45(37)54(49)57-53(48)34-43)40-26-22-35(23-27-40)39-12-9-13-41(32-39)56-51-18-7-5-16-46(51)47-17-6-8-19-52(47)56/h1-34H. The van der Waals surface area contributed by atoms with Crippen LogP contribution in [-0.4, -0.2) is 4.57 Å². The summed E-state index contributed by atoms with van der Waals surface area (Å²) >= 11 is 1.89. The molecule has 2 nitrogen and oxygen atoms in total. The molecule has 0 amide bonds. The summed E-state index contributed by atoms with van der Waals surface area (Å²) in [5, 5.41) is 12.8. The largest absolute Gasteiger partial charge is 0.310 e. The van der Waals surface area contributed by atoms with E-state index >= 15 is 0 Å². The molecular weight excluding hydrogens is 709 g/mol. The fourth-order valence-corrected chi connectivity index (χ4v) is 10.3. The summed E-state index contributed by atoms with van der Waals surface area (Å²) in [6, 6.07) is 75.7. The summed E-state index contributed by atoms with van der Waals surface area (Å²) in [7, 11) is 0. The maximum atomic E-state index is 2.42. The van der Waals surface area contributed by atoms with Gasteiger partial charge < -0.3 is 9.47 Å². The van der Waals surface area contributed by atoms with E-state index in [0.29, 0.717) is 0 Å². The molecule has 2 heterocycles. The van der Waals surface area contributed by atoms with E-state index in [2.05, 4.69) is 216 Å². The van der Waals surface area contributed by atoms with Gasteiger partial charge in [0.25, 0.3) is 0 Å². The second kappa shape index (κ2) is 12.7. The van der Waals surface area contributed by atoms with Gasteiger partial charge in [-0.1, -0.05) is 146 Å². The summed E-state index contributed by atoms with van der Waals surface area (Å²) in [6.07, 6.45) is 0. The molecule has 0 aliphatic heterocycles. The smallest absolute Gasteiger partial charge is 0.0541 e. The van der Waals surface area contributed by atoms with E-state index in [0.717, 1.165) is 22.7 Å². The van der Waals surface area contributed by atoms with Crippen molar-refractivity contribution >= 4 is 103 Å². The molecule has 3 heteroatoms. The zero-order valence-corrected chi connectivity index (χ0v) is 31.7. The van der Waals surface area contributed by atoms with Crippen LogP contribution in [-0.2, 0) is 0 Å². The number of nitrogens with zero attached hydrogens (tertiary/aromatic N) is 2. The average Bonchev–Trinajstić information content (AvgIpc) is 3.83. The Morgan fingerprint density at radius 1 is 0.333 bits per heavy atom. The van der Waals surface area contributed by atoms with E-state index in [9.17, 15) is 0 Å². The van der Waals surface area contributed by atoms with Gasteiger partial charge in [-0.2, -0.15) is 0 Å². The number of fused-ring (bicyclic) bond motifs is 11. The maximum Gasteiger partial charge on any atom is 0.0541 e. The SMILES string of the molecule is c1cc(-c2ccc(N(c3ccc4c(c3)sc3c5ccccc5ccc43)c3ccc4ccc5ccccc5c4c3)cc2)cc(-n2c3ccccc3c3ccccc32)c1. The molecule has 10 aromatic carbocycles. The number of aromatic nitrogens is 1. The third-order valence-electron chi connectivity index (χ3n) is 11.7. The summed E-state index contributed by atoms with van der Waals surface area (Å²) in [5.41, 5.74) is 9.33. The summed E-state index contributed by atoms with van der Waals surface area (Å²) in [6.45, 7) is 0. The summed E-state index contributed by atoms with van der Waals surface area (Å²) < 4.78 is 5.02. The van der Waals surface area contributed by atoms with E-state index in [-0.39, 0.29) is 0 Å². The molecule has 0 aliphatic rings. The van der Waals surface area contributed by atoms with Crippen molar-refractivity contribution in [1.82, 2.24) is 4.57 Å². The summed E-state index contributed by atoms with van der Waals surface area (Å²) in [5.74, 6) is 0. The van der Waals surface area contributed by atoms with Gasteiger partial charge >= 0.3 is 0 Å². The van der Waals surface area contributed by atoms with Crippen molar-refractivity contribution in [2.45, 2.75) is 0 Å². The molecule has 12 aromatic rings. The van der Waals surface area contributed by atoms with E-state index in [1.54, 1.807) is 0 Å². The predicted octanol–water partition coefficient (Wildman–Crippen LogP) is 15.7. The first-order valence-corrected chi connectivity index (χ1v) is 20.3. The monoisotopic (exact) mass is 742 g/mol. The lowest BCUT2D eigenvalue weighted by Gasteiger charge is -2.26. The van der Waals surface area contributed by atoms with Crippen molar-refractivity contribution in [2.24, 2.45) is 0 Å². The van der Waals surface area contributed by atoms with Crippen molar-refractivity contribution < 1.29 is 0 Å². The number of thiophene rings is 1. The van der Waals surface area contributed by atoms with Gasteiger partial charge in [0, 0.05) is 53.7 Å². The van der Waals surface area contributed by atoms with Gasteiger partial charge in [-0.3, -0.25) is 0 Å². The first-order valence-electron chi connectivity index (χ1n) is 19.5. The van der Waals surface area contributed by atoms with Crippen LogP contribution in [0.15, 0.2) is 206 Å². The predicted molar refractivity (Wildman–Crippen MR) is 246 cm³/mol. The molecule has 0 radical (unpaired) electrons. The molecule has 0 N–H and O–H groups in total. The molecular formula is C54H34N2S. The topological polar surface area (TPSA) is 8.17 Å². The number of hydrogen-bond donors (Lipinski definition) is 0. The first-order chi connectivity index (χ1) is 28.2. The van der Waals surface area contributed by atoms with Crippen LogP contribution in [0.1, 0.15) is 0 Å². The van der Waals surface area contributed by atoms with E-state index in [4.69, 9.17) is 0 Å². The third-order valence-corrected chi connectivity index (χ3v) is 12.9. The summed E-state index contributed by atoms with van der Waals surface area (Å²) in [4.78, 5) is 2.42. The molecule has 0 bridgehead atoms. The Bertz CT molecular complexity index is 3480. The normalized spacial score (nSPS) is 11.9. The average molecular weight is 743 g/mol. The Morgan fingerprint density at radius 3 is 1.67 bits per heavy atom. The van der Waals surface area contributed by atoms with Gasteiger partial charge in [0.05, 0.1) is 11.0 Å². The van der Waals surface area contributed by atoms with Gasteiger partial charge in [-0.15, -0.1) is 11.3 Å². The molecule has 57 heavy (non-hydrogen) atoms. The van der Waals surface area contributed by atoms with Gasteiger partial charge in [-0.05, 0) is 104 Å². The Hall–Kier alpha value is -7.20. The number of benzene rings is 10. The lowest BCUT2D eigenvalue weighted by Crippen LogP contribution is -2.09. The second-order valence-electron chi connectivity index (χ2n) is 14.9. The number of rotatable bonds is 5. The van der Waals surface area contributed by atoms with E-state index in [1.165, 1.54) is 85.4 Å². The highest BCUT2D eigenvalue weighted by Crippen LogP contribution is 2.44. The molecule has 2 aromatic heterocycles. The van der Waals surface area contributed by atoms with Gasteiger partial charge in [0.15, 0.2) is 0 Å². The van der Waals surface area contributed by atoms with E-state index in [1.807, 2.05) is 11.3 Å². The third kappa shape index (κ3) is 5.10. The van der Waals surface area contributed by atoms with Crippen LogP contribution in [0.3, 0.4) is 0 Å². The second-order valence-corrected chi connectivity index (χ2v) is 16.0. The highest BCUT2D eigenvalue weighted by atomic mass is 32.1. The molecule has 266 valence electrons. The van der Waals surface area contributed by atoms with Crippen LogP contribution in [0.4, 0.5) is 17.1 Å². The highest BCUT2D eigenvalue weighted by molar-refractivity contribution is 7.26. The van der Waals surface area contributed by atoms with Crippen molar-refractivity contribution in [3.05, 3.63) is 206 Å². The Balaban J connectivity index is 1.00. The minimum absolute atomic E-state index is 1.11. The number of para-hydroxylation sites is 2. The Kier molecular flexibility index (Phi) is 7.13. The molecule has 0 saturated carbocycles. The van der Waals surface area contributed by atoms with Crippen molar-refractivity contribution in [3.63, 3.8) is 0 Å². The maximum absolute atomic E-state index is 2.42. The van der Waals surface area contributed by atoms with Crippen LogP contribution >= 0.6 is 11.3 Å². The van der Waals surface area contributed by atoms with Crippen LogP contribution in [0.2, 0.25) is 0 Å². The Labute approximate surface area is 333 Å². The van der Waals surface area contributed by atoms with Crippen LogP contribution in [0.25, 0.3) is 91.1 Å². The molecule has 0 unspecified atom stereocenters.